The monoisotopic (exact) mass is 544 g/mol. The van der Waals surface area contributed by atoms with Crippen molar-refractivity contribution in [3.05, 3.63) is 65.3 Å². The summed E-state index contributed by atoms with van der Waals surface area (Å²) >= 11 is 7.78. The number of fused-ring (bicyclic) bond motifs is 1. The molecule has 2 heterocycles. The van der Waals surface area contributed by atoms with Crippen LogP contribution in [0.1, 0.15) is 43.8 Å². The van der Waals surface area contributed by atoms with Gasteiger partial charge in [-0.2, -0.15) is 0 Å². The van der Waals surface area contributed by atoms with Crippen LogP contribution in [0.2, 0.25) is 5.02 Å². The maximum Gasteiger partial charge on any atom is 0.303 e. The lowest BCUT2D eigenvalue weighted by molar-refractivity contribution is -0.137. The van der Waals surface area contributed by atoms with E-state index in [4.69, 9.17) is 16.3 Å². The van der Waals surface area contributed by atoms with Crippen LogP contribution in [-0.4, -0.2) is 53.5 Å². The van der Waals surface area contributed by atoms with Gasteiger partial charge >= 0.3 is 5.97 Å². The number of carboxylic acids is 1. The number of thioether (sulfide) groups is 1. The molecule has 3 atom stereocenters. The van der Waals surface area contributed by atoms with Crippen LogP contribution < -0.4 is 4.74 Å². The van der Waals surface area contributed by atoms with Crippen molar-refractivity contribution in [1.82, 2.24) is 9.88 Å². The average Bonchev–Trinajstić information content (AvgIpc) is 2.91. The van der Waals surface area contributed by atoms with Gasteiger partial charge in [0.25, 0.3) is 0 Å². The molecule has 4 rings (SSSR count). The molecule has 2 unspecified atom stereocenters. The number of carbonyl (C=O) groups is 1. The lowest BCUT2D eigenvalue weighted by Crippen LogP contribution is -2.41. The second kappa shape index (κ2) is 13.4. The summed E-state index contributed by atoms with van der Waals surface area (Å²) in [6, 6.07) is 15.2. The smallest absolute Gasteiger partial charge is 0.303 e. The van der Waals surface area contributed by atoms with Crippen LogP contribution in [0.4, 0.5) is 4.39 Å². The molecule has 1 aromatic heterocycles. The molecule has 0 bridgehead atoms. The predicted molar refractivity (Wildman–Crippen MR) is 148 cm³/mol. The van der Waals surface area contributed by atoms with E-state index in [1.54, 1.807) is 31.1 Å². The molecule has 1 aliphatic heterocycles. The number of aliphatic carboxylic acids is 1. The highest BCUT2D eigenvalue weighted by Crippen LogP contribution is 2.36. The molecule has 5 nitrogen and oxygen atoms in total. The van der Waals surface area contributed by atoms with Crippen LogP contribution in [0.25, 0.3) is 10.9 Å². The Morgan fingerprint density at radius 3 is 2.78 bits per heavy atom. The number of alkyl halides is 1. The van der Waals surface area contributed by atoms with Gasteiger partial charge in [-0.15, -0.1) is 11.8 Å². The zero-order chi connectivity index (χ0) is 26.2. The summed E-state index contributed by atoms with van der Waals surface area (Å²) < 4.78 is 20.9. The van der Waals surface area contributed by atoms with Gasteiger partial charge in [-0.1, -0.05) is 11.6 Å². The Hall–Kier alpha value is -2.35. The molecular formula is C29H34ClFN2O3S. The summed E-state index contributed by atoms with van der Waals surface area (Å²) in [6.45, 7) is 2.77. The molecule has 0 aliphatic carbocycles. The second-order valence-electron chi connectivity index (χ2n) is 9.67. The molecule has 0 saturated carbocycles. The first-order valence-corrected chi connectivity index (χ1v) is 14.2. The number of carboxylic acid groups (broad SMARTS) is 1. The summed E-state index contributed by atoms with van der Waals surface area (Å²) in [6.07, 6.45) is 3.46. The molecule has 1 aliphatic rings. The van der Waals surface area contributed by atoms with E-state index in [2.05, 4.69) is 9.88 Å². The van der Waals surface area contributed by atoms with Gasteiger partial charge in [0.1, 0.15) is 11.9 Å². The summed E-state index contributed by atoms with van der Waals surface area (Å²) in [5, 5.41) is 10.8. The minimum atomic E-state index is -1.11. The van der Waals surface area contributed by atoms with Gasteiger partial charge in [0.2, 0.25) is 0 Å². The van der Waals surface area contributed by atoms with Crippen molar-refractivity contribution in [2.24, 2.45) is 11.8 Å². The number of aromatic nitrogens is 1. The fraction of sp³-hybridized carbons (Fsp3) is 0.448. The van der Waals surface area contributed by atoms with E-state index in [1.807, 2.05) is 42.5 Å². The van der Waals surface area contributed by atoms with Gasteiger partial charge in [-0.05, 0) is 98.2 Å². The molecule has 1 N–H and O–H groups in total. The Balaban J connectivity index is 1.34. The molecule has 8 heteroatoms. The Bertz CT molecular complexity index is 1180. The third kappa shape index (κ3) is 7.82. The van der Waals surface area contributed by atoms with Crippen molar-refractivity contribution in [3.8, 4) is 5.75 Å². The second-order valence-corrected chi connectivity index (χ2v) is 11.3. The molecule has 37 heavy (non-hydrogen) atoms. The van der Waals surface area contributed by atoms with Gasteiger partial charge in [0.15, 0.2) is 0 Å². The summed E-state index contributed by atoms with van der Waals surface area (Å²) in [5.41, 5.74) is 1.40. The first kappa shape index (κ1) is 27.7. The van der Waals surface area contributed by atoms with Gasteiger partial charge < -0.3 is 14.7 Å². The van der Waals surface area contributed by atoms with Crippen LogP contribution in [0, 0.1) is 11.8 Å². The van der Waals surface area contributed by atoms with Gasteiger partial charge in [-0.3, -0.25) is 9.78 Å². The predicted octanol–water partition coefficient (Wildman–Crippen LogP) is 7.28. The van der Waals surface area contributed by atoms with Crippen LogP contribution in [0.5, 0.6) is 5.75 Å². The summed E-state index contributed by atoms with van der Waals surface area (Å²) in [7, 11) is 1.60. The number of methoxy groups -OCH3 is 1. The number of hydrogen-bond donors (Lipinski definition) is 1. The lowest BCUT2D eigenvalue weighted by Gasteiger charge is -2.39. The van der Waals surface area contributed by atoms with Gasteiger partial charge in [0, 0.05) is 46.8 Å². The average molecular weight is 545 g/mol. The third-order valence-electron chi connectivity index (χ3n) is 7.31. The minimum Gasteiger partial charge on any atom is -0.497 e. The van der Waals surface area contributed by atoms with Crippen LogP contribution >= 0.6 is 23.4 Å². The quantitative estimate of drug-likeness (QED) is 0.242. The molecule has 1 fully saturated rings. The van der Waals surface area contributed by atoms with Crippen molar-refractivity contribution < 1.29 is 19.0 Å². The number of pyridine rings is 1. The number of halogens is 2. The Labute approximate surface area is 227 Å². The zero-order valence-electron chi connectivity index (χ0n) is 21.1. The van der Waals surface area contributed by atoms with E-state index in [9.17, 15) is 9.90 Å². The Kier molecular flexibility index (Phi) is 10.1. The van der Waals surface area contributed by atoms with Gasteiger partial charge in [-0.25, -0.2) is 4.39 Å². The number of nitrogens with zero attached hydrogens (tertiary/aromatic N) is 2. The normalized spacial score (nSPS) is 19.1. The van der Waals surface area contributed by atoms with Crippen molar-refractivity contribution in [1.29, 1.82) is 0 Å². The van der Waals surface area contributed by atoms with Crippen LogP contribution in [0.3, 0.4) is 0 Å². The highest BCUT2D eigenvalue weighted by molar-refractivity contribution is 7.99. The van der Waals surface area contributed by atoms with E-state index in [1.165, 1.54) is 4.90 Å². The largest absolute Gasteiger partial charge is 0.497 e. The summed E-state index contributed by atoms with van der Waals surface area (Å²) in [4.78, 5) is 19.3. The SMILES string of the molecule is COc1ccc2nccc([C@@H](F)CCC3CCN(CCSc4ccc(Cl)cc4)CC3CCC(=O)O)c2c1. The van der Waals surface area contributed by atoms with E-state index in [0.29, 0.717) is 30.1 Å². The molecule has 0 radical (unpaired) electrons. The number of rotatable bonds is 12. The highest BCUT2D eigenvalue weighted by atomic mass is 35.5. The number of piperidine rings is 1. The van der Waals surface area contributed by atoms with Crippen molar-refractivity contribution in [2.75, 3.05) is 32.5 Å². The third-order valence-corrected chi connectivity index (χ3v) is 8.55. The maximum absolute atomic E-state index is 15.5. The van der Waals surface area contributed by atoms with Crippen LogP contribution in [-0.2, 0) is 4.79 Å². The number of likely N-dealkylation sites (tertiary alicyclic amines) is 1. The molecule has 198 valence electrons. The maximum atomic E-state index is 15.5. The molecule has 1 saturated heterocycles. The van der Waals surface area contributed by atoms with E-state index < -0.39 is 12.1 Å². The fourth-order valence-corrected chi connectivity index (χ4v) is 6.30. The fourth-order valence-electron chi connectivity index (χ4n) is 5.26. The topological polar surface area (TPSA) is 62.7 Å². The standard InChI is InChI=1S/C29H34ClFN2O3S/c1-36-23-6-10-28-26(18-23)25(12-14-32-28)27(31)9-2-20-13-15-33(19-21(20)3-11-29(34)35)16-17-37-24-7-4-22(30)5-8-24/h4-8,10,12,14,18,20-21,27H,2-3,9,11,13,15-17,19H2,1H3,(H,34,35)/t20?,21?,27-/m0/s1. The first-order chi connectivity index (χ1) is 17.9. The molecular weight excluding hydrogens is 511 g/mol. The van der Waals surface area contributed by atoms with E-state index >= 15 is 4.39 Å². The Morgan fingerprint density at radius 1 is 1.22 bits per heavy atom. The molecule has 0 spiro atoms. The molecule has 3 aromatic rings. The van der Waals surface area contributed by atoms with E-state index in [-0.39, 0.29) is 12.3 Å². The molecule has 2 aromatic carbocycles. The lowest BCUT2D eigenvalue weighted by atomic mass is 9.79. The van der Waals surface area contributed by atoms with Crippen LogP contribution in [0.15, 0.2) is 59.6 Å². The number of hydrogen-bond acceptors (Lipinski definition) is 5. The first-order valence-electron chi connectivity index (χ1n) is 12.8. The highest BCUT2D eigenvalue weighted by Gasteiger charge is 2.30. The molecule has 0 amide bonds. The van der Waals surface area contributed by atoms with Crippen molar-refractivity contribution in [3.63, 3.8) is 0 Å². The van der Waals surface area contributed by atoms with E-state index in [0.717, 1.165) is 54.2 Å². The van der Waals surface area contributed by atoms with Gasteiger partial charge in [0.05, 0.1) is 12.6 Å². The minimum absolute atomic E-state index is 0.155. The zero-order valence-corrected chi connectivity index (χ0v) is 22.7. The number of ether oxygens (including phenoxy) is 1. The summed E-state index contributed by atoms with van der Waals surface area (Å²) in [5.74, 6) is 1.45. The Morgan fingerprint density at radius 2 is 2.03 bits per heavy atom. The van der Waals surface area contributed by atoms with Crippen molar-refractivity contribution >= 4 is 40.2 Å². The number of benzene rings is 2. The van der Waals surface area contributed by atoms with Crippen molar-refractivity contribution in [2.45, 2.75) is 43.2 Å².